The summed E-state index contributed by atoms with van der Waals surface area (Å²) in [7, 11) is 1.68. The van der Waals surface area contributed by atoms with E-state index in [1.165, 1.54) is 10.1 Å². The standard InChI is InChI=1S/C17H25N3O2/c1-12-6-9-19(5)15(21)14(12)18-16(22)20-10-7-13(8-11-20)17(2,3)4/h6-7,9H,8,10-11H2,1-5H3,(H,18,22). The summed E-state index contributed by atoms with van der Waals surface area (Å²) in [5.41, 5.74) is 2.48. The lowest BCUT2D eigenvalue weighted by atomic mass is 9.83. The second-order valence-corrected chi connectivity index (χ2v) is 6.90. The van der Waals surface area contributed by atoms with Crippen LogP contribution >= 0.6 is 0 Å². The van der Waals surface area contributed by atoms with E-state index in [2.05, 4.69) is 32.2 Å². The Morgan fingerprint density at radius 2 is 2.00 bits per heavy atom. The Hall–Kier alpha value is -2.04. The summed E-state index contributed by atoms with van der Waals surface area (Å²) in [6, 6.07) is 1.61. The first-order chi connectivity index (χ1) is 10.2. The zero-order valence-electron chi connectivity index (χ0n) is 14.1. The van der Waals surface area contributed by atoms with Crippen LogP contribution in [0.3, 0.4) is 0 Å². The Bertz CT molecular complexity index is 665. The quantitative estimate of drug-likeness (QED) is 0.811. The monoisotopic (exact) mass is 303 g/mol. The van der Waals surface area contributed by atoms with Gasteiger partial charge in [0.25, 0.3) is 5.56 Å². The molecule has 0 spiro atoms. The van der Waals surface area contributed by atoms with Gasteiger partial charge in [-0.25, -0.2) is 4.79 Å². The van der Waals surface area contributed by atoms with E-state index in [4.69, 9.17) is 0 Å². The lowest BCUT2D eigenvalue weighted by Crippen LogP contribution is -2.40. The summed E-state index contributed by atoms with van der Waals surface area (Å²) in [5.74, 6) is 0. The Kier molecular flexibility index (Phi) is 4.44. The number of hydrogen-bond acceptors (Lipinski definition) is 2. The molecule has 2 rings (SSSR count). The zero-order chi connectivity index (χ0) is 16.5. The fourth-order valence-corrected chi connectivity index (χ4v) is 2.59. The number of hydrogen-bond donors (Lipinski definition) is 1. The molecule has 0 saturated heterocycles. The van der Waals surface area contributed by atoms with Crippen molar-refractivity contribution in [1.82, 2.24) is 9.47 Å². The number of carbonyl (C=O) groups excluding carboxylic acids is 1. The van der Waals surface area contributed by atoms with E-state index < -0.39 is 0 Å². The number of urea groups is 1. The molecule has 0 atom stereocenters. The van der Waals surface area contributed by atoms with Crippen molar-refractivity contribution in [1.29, 1.82) is 0 Å². The van der Waals surface area contributed by atoms with Crippen molar-refractivity contribution < 1.29 is 4.79 Å². The fraction of sp³-hybridized carbons (Fsp3) is 0.529. The van der Waals surface area contributed by atoms with Crippen LogP contribution in [0.1, 0.15) is 32.8 Å². The number of anilines is 1. The Labute approximate surface area is 131 Å². The van der Waals surface area contributed by atoms with E-state index in [9.17, 15) is 9.59 Å². The Morgan fingerprint density at radius 3 is 2.55 bits per heavy atom. The SMILES string of the molecule is Cc1ccn(C)c(=O)c1NC(=O)N1CC=C(C(C)(C)C)CC1. The first-order valence-corrected chi connectivity index (χ1v) is 7.62. The first-order valence-electron chi connectivity index (χ1n) is 7.62. The molecule has 0 unspecified atom stereocenters. The van der Waals surface area contributed by atoms with E-state index in [1.54, 1.807) is 18.1 Å². The van der Waals surface area contributed by atoms with E-state index in [1.807, 2.05) is 13.0 Å². The van der Waals surface area contributed by atoms with Gasteiger partial charge in [-0.3, -0.25) is 4.79 Å². The molecule has 0 saturated carbocycles. The third kappa shape index (κ3) is 3.40. The van der Waals surface area contributed by atoms with Gasteiger partial charge >= 0.3 is 6.03 Å². The number of nitrogens with zero attached hydrogens (tertiary/aromatic N) is 2. The molecule has 1 aliphatic rings. The van der Waals surface area contributed by atoms with Crippen molar-refractivity contribution in [2.24, 2.45) is 12.5 Å². The zero-order valence-corrected chi connectivity index (χ0v) is 14.1. The van der Waals surface area contributed by atoms with Gasteiger partial charge in [0.2, 0.25) is 0 Å². The van der Waals surface area contributed by atoms with Gasteiger partial charge in [-0.15, -0.1) is 0 Å². The van der Waals surface area contributed by atoms with E-state index in [0.29, 0.717) is 18.8 Å². The minimum Gasteiger partial charge on any atom is -0.320 e. The molecule has 0 aliphatic carbocycles. The van der Waals surface area contributed by atoms with Crippen LogP contribution in [0.5, 0.6) is 0 Å². The lowest BCUT2D eigenvalue weighted by Gasteiger charge is -2.32. The molecule has 0 radical (unpaired) electrons. The fourth-order valence-electron chi connectivity index (χ4n) is 2.59. The molecule has 5 nitrogen and oxygen atoms in total. The van der Waals surface area contributed by atoms with Crippen molar-refractivity contribution in [2.75, 3.05) is 18.4 Å². The molecule has 1 N–H and O–H groups in total. The minimum absolute atomic E-state index is 0.147. The third-order valence-corrected chi connectivity index (χ3v) is 4.17. The predicted molar refractivity (Wildman–Crippen MR) is 89.2 cm³/mol. The average Bonchev–Trinajstić information content (AvgIpc) is 2.46. The van der Waals surface area contributed by atoms with Crippen molar-refractivity contribution in [2.45, 2.75) is 34.1 Å². The van der Waals surface area contributed by atoms with Crippen LogP contribution in [0, 0.1) is 12.3 Å². The number of aromatic nitrogens is 1. The van der Waals surface area contributed by atoms with E-state index in [-0.39, 0.29) is 17.0 Å². The number of aryl methyl sites for hydroxylation is 2. The number of carbonyl (C=O) groups is 1. The van der Waals surface area contributed by atoms with Crippen molar-refractivity contribution in [3.05, 3.63) is 39.8 Å². The highest BCUT2D eigenvalue weighted by Gasteiger charge is 2.24. The molecule has 0 bridgehead atoms. The van der Waals surface area contributed by atoms with Gasteiger partial charge < -0.3 is 14.8 Å². The molecule has 22 heavy (non-hydrogen) atoms. The van der Waals surface area contributed by atoms with Gasteiger partial charge in [-0.1, -0.05) is 32.4 Å². The largest absolute Gasteiger partial charge is 0.322 e. The molecular formula is C17H25N3O2. The number of nitrogens with one attached hydrogen (secondary N) is 1. The normalized spacial score (nSPS) is 15.5. The highest BCUT2D eigenvalue weighted by Crippen LogP contribution is 2.30. The number of amides is 2. The van der Waals surface area contributed by atoms with Crippen LogP contribution in [-0.4, -0.2) is 28.6 Å². The molecule has 1 aromatic rings. The summed E-state index contributed by atoms with van der Waals surface area (Å²) in [6.07, 6.45) is 4.70. The molecular weight excluding hydrogens is 278 g/mol. The highest BCUT2D eigenvalue weighted by atomic mass is 16.2. The van der Waals surface area contributed by atoms with Crippen LogP contribution in [0.2, 0.25) is 0 Å². The van der Waals surface area contributed by atoms with Crippen LogP contribution < -0.4 is 10.9 Å². The summed E-state index contributed by atoms with van der Waals surface area (Å²) >= 11 is 0. The second kappa shape index (κ2) is 5.99. The predicted octanol–water partition coefficient (Wildman–Crippen LogP) is 2.90. The summed E-state index contributed by atoms with van der Waals surface area (Å²) in [6.45, 7) is 9.65. The minimum atomic E-state index is -0.212. The highest BCUT2D eigenvalue weighted by molar-refractivity contribution is 5.90. The van der Waals surface area contributed by atoms with Gasteiger partial charge in [-0.05, 0) is 30.4 Å². The third-order valence-electron chi connectivity index (χ3n) is 4.17. The van der Waals surface area contributed by atoms with Gasteiger partial charge in [0.15, 0.2) is 0 Å². The van der Waals surface area contributed by atoms with Crippen LogP contribution in [-0.2, 0) is 7.05 Å². The molecule has 2 heterocycles. The maximum Gasteiger partial charge on any atom is 0.322 e. The van der Waals surface area contributed by atoms with E-state index >= 15 is 0 Å². The number of pyridine rings is 1. The smallest absolute Gasteiger partial charge is 0.320 e. The first kappa shape index (κ1) is 16.3. The van der Waals surface area contributed by atoms with Gasteiger partial charge in [0, 0.05) is 26.3 Å². The van der Waals surface area contributed by atoms with Crippen LogP contribution in [0.4, 0.5) is 10.5 Å². The summed E-state index contributed by atoms with van der Waals surface area (Å²) < 4.78 is 1.47. The number of rotatable bonds is 1. The van der Waals surface area contributed by atoms with E-state index in [0.717, 1.165) is 12.0 Å². The van der Waals surface area contributed by atoms with Gasteiger partial charge in [0.05, 0.1) is 0 Å². The van der Waals surface area contributed by atoms with Crippen LogP contribution in [0.25, 0.3) is 0 Å². The molecule has 0 fully saturated rings. The topological polar surface area (TPSA) is 54.3 Å². The molecule has 1 aliphatic heterocycles. The second-order valence-electron chi connectivity index (χ2n) is 6.90. The Morgan fingerprint density at radius 1 is 1.32 bits per heavy atom. The molecule has 0 aromatic carbocycles. The van der Waals surface area contributed by atoms with Crippen molar-refractivity contribution in [3.8, 4) is 0 Å². The van der Waals surface area contributed by atoms with Gasteiger partial charge in [0.1, 0.15) is 5.69 Å². The molecule has 2 amide bonds. The van der Waals surface area contributed by atoms with Crippen molar-refractivity contribution >= 4 is 11.7 Å². The Balaban J connectivity index is 2.11. The maximum absolute atomic E-state index is 12.4. The molecule has 120 valence electrons. The summed E-state index contributed by atoms with van der Waals surface area (Å²) in [5, 5.41) is 2.77. The average molecular weight is 303 g/mol. The molecule has 1 aromatic heterocycles. The van der Waals surface area contributed by atoms with Gasteiger partial charge in [-0.2, -0.15) is 0 Å². The van der Waals surface area contributed by atoms with Crippen LogP contribution in [0.15, 0.2) is 28.7 Å². The van der Waals surface area contributed by atoms with Crippen molar-refractivity contribution in [3.63, 3.8) is 0 Å². The molecule has 5 heteroatoms. The lowest BCUT2D eigenvalue weighted by molar-refractivity contribution is 0.213. The summed E-state index contributed by atoms with van der Waals surface area (Å²) in [4.78, 5) is 26.2. The maximum atomic E-state index is 12.4.